The number of aromatic nitrogens is 4. The molecule has 8 rings (SSSR count). The fraction of sp³-hybridized carbons (Fsp3) is 0.488. The SMILES string of the molecule is COC[C@H](NC(=O)OC)C(=O)N1[C@@H]2CC[C@H](C2)[C@H]1c1ncc(-c2ccc(-c3ccc(-c4cnc([C@@H]5[C@@H]6CC[C@H](C6)N5C(=O)[C@@H](NC(=O)OC)C(C)C)[nH]4)cc3)cc2)[nH]1. The summed E-state index contributed by atoms with van der Waals surface area (Å²) in [6.45, 7) is 3.89. The molecule has 0 unspecified atom stereocenters. The highest BCUT2D eigenvalue weighted by atomic mass is 16.5. The zero-order valence-corrected chi connectivity index (χ0v) is 33.6. The molecule has 2 aromatic carbocycles. The molecule has 58 heavy (non-hydrogen) atoms. The van der Waals surface area contributed by atoms with Crippen molar-refractivity contribution in [1.29, 1.82) is 0 Å². The molecule has 4 amide bonds. The molecule has 4 aliphatic rings. The van der Waals surface area contributed by atoms with E-state index < -0.39 is 24.3 Å². The van der Waals surface area contributed by atoms with Crippen molar-refractivity contribution < 1.29 is 33.4 Å². The van der Waals surface area contributed by atoms with Gasteiger partial charge in [-0.15, -0.1) is 0 Å². The third-order valence-corrected chi connectivity index (χ3v) is 12.7. The molecule has 4 fully saturated rings. The molecule has 0 spiro atoms. The molecule has 4 heterocycles. The quantitative estimate of drug-likeness (QED) is 0.134. The first-order valence-corrected chi connectivity index (χ1v) is 20.2. The monoisotopic (exact) mass is 792 g/mol. The highest BCUT2D eigenvalue weighted by Crippen LogP contribution is 2.51. The third-order valence-electron chi connectivity index (χ3n) is 12.7. The average Bonchev–Trinajstić information content (AvgIpc) is 4.11. The normalized spacial score (nSPS) is 24.2. The highest BCUT2D eigenvalue weighted by molar-refractivity contribution is 5.88. The molecule has 2 aliphatic heterocycles. The van der Waals surface area contributed by atoms with E-state index in [4.69, 9.17) is 24.2 Å². The maximum absolute atomic E-state index is 13.9. The van der Waals surface area contributed by atoms with E-state index >= 15 is 0 Å². The number of imidazole rings is 2. The first-order chi connectivity index (χ1) is 28.1. The van der Waals surface area contributed by atoms with E-state index in [1.165, 1.54) is 21.3 Å². The van der Waals surface area contributed by atoms with Crippen molar-refractivity contribution in [3.05, 3.63) is 72.6 Å². The molecule has 2 saturated heterocycles. The Hall–Kier alpha value is -5.70. The van der Waals surface area contributed by atoms with Gasteiger partial charge in [-0.3, -0.25) is 9.59 Å². The van der Waals surface area contributed by atoms with Crippen molar-refractivity contribution in [2.75, 3.05) is 27.9 Å². The minimum atomic E-state index is -0.857. The fourth-order valence-electron chi connectivity index (χ4n) is 9.85. The number of aromatic amines is 2. The van der Waals surface area contributed by atoms with Crippen molar-refractivity contribution in [2.45, 2.75) is 88.6 Å². The van der Waals surface area contributed by atoms with Crippen LogP contribution in [-0.4, -0.2) is 106 Å². The molecule has 4 aromatic rings. The van der Waals surface area contributed by atoms with Crippen LogP contribution in [0, 0.1) is 17.8 Å². The second-order valence-corrected chi connectivity index (χ2v) is 16.4. The van der Waals surface area contributed by atoms with Gasteiger partial charge in [-0.05, 0) is 78.5 Å². The van der Waals surface area contributed by atoms with Crippen LogP contribution in [-0.2, 0) is 23.8 Å². The van der Waals surface area contributed by atoms with Crippen molar-refractivity contribution in [3.8, 4) is 33.6 Å². The number of carbonyl (C=O) groups is 4. The number of piperidine rings is 2. The van der Waals surface area contributed by atoms with E-state index in [1.807, 2.05) is 36.0 Å². The number of alkyl carbamates (subject to hydrolysis) is 2. The van der Waals surface area contributed by atoms with Gasteiger partial charge in [0.1, 0.15) is 23.7 Å². The molecule has 4 bridgehead atoms. The van der Waals surface area contributed by atoms with E-state index in [0.29, 0.717) is 5.92 Å². The van der Waals surface area contributed by atoms with Gasteiger partial charge in [0.25, 0.3) is 0 Å². The van der Waals surface area contributed by atoms with Gasteiger partial charge in [0.2, 0.25) is 11.8 Å². The van der Waals surface area contributed by atoms with Gasteiger partial charge in [0.15, 0.2) is 0 Å². The van der Waals surface area contributed by atoms with Crippen LogP contribution < -0.4 is 10.6 Å². The van der Waals surface area contributed by atoms with Gasteiger partial charge in [0.05, 0.1) is 56.7 Å². The van der Waals surface area contributed by atoms with Crippen LogP contribution in [0.4, 0.5) is 9.59 Å². The van der Waals surface area contributed by atoms with E-state index in [2.05, 4.69) is 69.1 Å². The summed E-state index contributed by atoms with van der Waals surface area (Å²) in [5.74, 6) is 1.70. The van der Waals surface area contributed by atoms with E-state index in [-0.39, 0.29) is 54.4 Å². The topological polar surface area (TPSA) is 184 Å². The number of hydrogen-bond acceptors (Lipinski definition) is 9. The number of H-pyrrole nitrogens is 2. The number of benzene rings is 2. The molecule has 2 aromatic heterocycles. The minimum Gasteiger partial charge on any atom is -0.453 e. The molecule has 2 aliphatic carbocycles. The highest BCUT2D eigenvalue weighted by Gasteiger charge is 2.52. The summed E-state index contributed by atoms with van der Waals surface area (Å²) in [4.78, 5) is 72.3. The van der Waals surface area contributed by atoms with Gasteiger partial charge in [0, 0.05) is 19.2 Å². The van der Waals surface area contributed by atoms with Crippen LogP contribution in [0.15, 0.2) is 60.9 Å². The lowest BCUT2D eigenvalue weighted by Crippen LogP contribution is -2.54. The molecule has 2 saturated carbocycles. The number of likely N-dealkylation sites (tertiary alicyclic amines) is 2. The van der Waals surface area contributed by atoms with Crippen LogP contribution in [0.1, 0.15) is 76.1 Å². The zero-order chi connectivity index (χ0) is 40.7. The van der Waals surface area contributed by atoms with Crippen LogP contribution >= 0.6 is 0 Å². The Morgan fingerprint density at radius 1 is 0.672 bits per heavy atom. The van der Waals surface area contributed by atoms with E-state index in [9.17, 15) is 19.2 Å². The standard InChI is InChI=1S/C43H52N8O7/c1-23(2)35(49-43(55)58-5)41(53)51-31-17-15-29(19-31)37(51)39-45-21-33(47-39)27-12-8-25(9-13-27)24-6-10-26(11-7-24)32-20-44-38(46-32)36-28-14-16-30(18-28)50(36)40(52)34(22-56-3)48-42(54)57-4/h6-13,20-21,23,28-31,34-37H,14-19,22H2,1-5H3,(H,44,46)(H,45,47)(H,48,54)(H,49,55)/t28-,29-,30-,31-,34+,35+,36+,37+/m1/s1. The molecule has 306 valence electrons. The van der Waals surface area contributed by atoms with Gasteiger partial charge >= 0.3 is 12.2 Å². The maximum atomic E-state index is 13.9. The third kappa shape index (κ3) is 7.31. The van der Waals surface area contributed by atoms with Crippen molar-refractivity contribution >= 4 is 24.0 Å². The van der Waals surface area contributed by atoms with Crippen LogP contribution in [0.3, 0.4) is 0 Å². The number of amides is 4. The second-order valence-electron chi connectivity index (χ2n) is 16.4. The summed E-state index contributed by atoms with van der Waals surface area (Å²) in [6.07, 6.45) is 8.12. The molecule has 15 nitrogen and oxygen atoms in total. The predicted octanol–water partition coefficient (Wildman–Crippen LogP) is 5.99. The van der Waals surface area contributed by atoms with Gasteiger partial charge in [-0.25, -0.2) is 19.6 Å². The number of nitrogens with zero attached hydrogens (tertiary/aromatic N) is 4. The van der Waals surface area contributed by atoms with Gasteiger partial charge in [-0.1, -0.05) is 62.4 Å². The summed E-state index contributed by atoms with van der Waals surface area (Å²) in [7, 11) is 4.08. The molecular formula is C43H52N8O7. The first-order valence-electron chi connectivity index (χ1n) is 20.2. The lowest BCUT2D eigenvalue weighted by molar-refractivity contribution is -0.140. The lowest BCUT2D eigenvalue weighted by atomic mass is 9.95. The Labute approximate surface area is 337 Å². The van der Waals surface area contributed by atoms with Crippen molar-refractivity contribution in [3.63, 3.8) is 0 Å². The maximum Gasteiger partial charge on any atom is 0.407 e. The molecule has 4 N–H and O–H groups in total. The Morgan fingerprint density at radius 3 is 1.57 bits per heavy atom. The average molecular weight is 793 g/mol. The molecule has 8 atom stereocenters. The van der Waals surface area contributed by atoms with Gasteiger partial charge < -0.3 is 44.6 Å². The first kappa shape index (κ1) is 39.1. The van der Waals surface area contributed by atoms with Crippen LogP contribution in [0.5, 0.6) is 0 Å². The molecule has 0 radical (unpaired) electrons. The number of ether oxygens (including phenoxy) is 3. The smallest absolute Gasteiger partial charge is 0.407 e. The van der Waals surface area contributed by atoms with Crippen LogP contribution in [0.25, 0.3) is 33.6 Å². The summed E-state index contributed by atoms with van der Waals surface area (Å²) in [6, 6.07) is 14.9. The van der Waals surface area contributed by atoms with E-state index in [0.717, 1.165) is 83.8 Å². The predicted molar refractivity (Wildman–Crippen MR) is 214 cm³/mol. The molecule has 15 heteroatoms. The Kier molecular flexibility index (Phi) is 11.0. The summed E-state index contributed by atoms with van der Waals surface area (Å²) in [5, 5.41) is 5.39. The number of hydrogen-bond donors (Lipinski definition) is 4. The number of rotatable bonds is 12. The van der Waals surface area contributed by atoms with Crippen molar-refractivity contribution in [2.24, 2.45) is 17.8 Å². The number of methoxy groups -OCH3 is 3. The van der Waals surface area contributed by atoms with E-state index in [1.54, 1.807) is 0 Å². The number of fused-ring (bicyclic) bond motifs is 4. The minimum absolute atomic E-state index is 0.0411. The number of nitrogens with one attached hydrogen (secondary N) is 4. The largest absolute Gasteiger partial charge is 0.453 e. The summed E-state index contributed by atoms with van der Waals surface area (Å²) < 4.78 is 14.8. The molecular weight excluding hydrogens is 741 g/mol. The lowest BCUT2D eigenvalue weighted by Gasteiger charge is -2.37. The second kappa shape index (κ2) is 16.3. The summed E-state index contributed by atoms with van der Waals surface area (Å²) >= 11 is 0. The Balaban J connectivity index is 0.949. The van der Waals surface area contributed by atoms with Crippen molar-refractivity contribution in [1.82, 2.24) is 40.4 Å². The van der Waals surface area contributed by atoms with Crippen LogP contribution in [0.2, 0.25) is 0 Å². The number of carbonyl (C=O) groups excluding carboxylic acids is 4. The Bertz CT molecular complexity index is 2130. The van der Waals surface area contributed by atoms with Gasteiger partial charge in [-0.2, -0.15) is 0 Å². The Morgan fingerprint density at radius 2 is 1.12 bits per heavy atom. The fourth-order valence-corrected chi connectivity index (χ4v) is 9.85. The summed E-state index contributed by atoms with van der Waals surface area (Å²) in [5.41, 5.74) is 5.82. The zero-order valence-electron chi connectivity index (χ0n) is 33.6.